The van der Waals surface area contributed by atoms with Crippen molar-refractivity contribution >= 4 is 23.1 Å². The molecule has 0 saturated carbocycles. The van der Waals surface area contributed by atoms with Gasteiger partial charge in [-0.25, -0.2) is 9.97 Å². The Morgan fingerprint density at radius 2 is 1.71 bits per heavy atom. The number of nitrogens with one attached hydrogen (secondary N) is 1. The molecular weight excluding hydrogens is 354 g/mol. The van der Waals surface area contributed by atoms with Crippen LogP contribution in [0.4, 0.5) is 17.2 Å². The van der Waals surface area contributed by atoms with Crippen molar-refractivity contribution in [2.45, 2.75) is 26.2 Å². The van der Waals surface area contributed by atoms with Crippen molar-refractivity contribution in [3.63, 3.8) is 0 Å². The minimum absolute atomic E-state index is 0.0719. The highest BCUT2D eigenvalue weighted by atomic mass is 16.5. The molecule has 28 heavy (non-hydrogen) atoms. The molecule has 2 fully saturated rings. The SMILES string of the molecule is Cc1nc(Nc2ccc(N3CCCCC3)cc2)cc(C(=O)N2CCOCC2)n1. The molecule has 148 valence electrons. The van der Waals surface area contributed by atoms with E-state index in [0.29, 0.717) is 43.6 Å². The van der Waals surface area contributed by atoms with Crippen LogP contribution in [0.25, 0.3) is 0 Å². The zero-order chi connectivity index (χ0) is 19.3. The predicted molar refractivity (Wildman–Crippen MR) is 109 cm³/mol. The van der Waals surface area contributed by atoms with Gasteiger partial charge in [-0.2, -0.15) is 0 Å². The molecule has 3 heterocycles. The topological polar surface area (TPSA) is 70.6 Å². The van der Waals surface area contributed by atoms with E-state index in [1.807, 2.05) is 0 Å². The molecule has 0 bridgehead atoms. The number of nitrogens with zero attached hydrogens (tertiary/aromatic N) is 4. The van der Waals surface area contributed by atoms with Gasteiger partial charge in [0, 0.05) is 43.6 Å². The zero-order valence-electron chi connectivity index (χ0n) is 16.4. The molecule has 1 aromatic carbocycles. The Balaban J connectivity index is 1.46. The maximum atomic E-state index is 12.7. The summed E-state index contributed by atoms with van der Waals surface area (Å²) in [5.41, 5.74) is 2.62. The number of carbonyl (C=O) groups is 1. The standard InChI is InChI=1S/C21H27N5O2/c1-16-22-19(21(27)26-11-13-28-14-12-26)15-20(23-16)24-17-5-7-18(8-6-17)25-9-3-2-4-10-25/h5-8,15H,2-4,9-14H2,1H3,(H,22,23,24). The zero-order valence-corrected chi connectivity index (χ0v) is 16.4. The van der Waals surface area contributed by atoms with Crippen molar-refractivity contribution in [3.8, 4) is 0 Å². The van der Waals surface area contributed by atoms with Crippen LogP contribution >= 0.6 is 0 Å². The Hall–Kier alpha value is -2.67. The highest BCUT2D eigenvalue weighted by Crippen LogP contribution is 2.23. The van der Waals surface area contributed by atoms with E-state index in [4.69, 9.17) is 4.74 Å². The van der Waals surface area contributed by atoms with Gasteiger partial charge in [-0.1, -0.05) is 0 Å². The van der Waals surface area contributed by atoms with Gasteiger partial charge in [-0.05, 0) is 50.5 Å². The van der Waals surface area contributed by atoms with Crippen LogP contribution in [0.1, 0.15) is 35.6 Å². The molecule has 0 aliphatic carbocycles. The van der Waals surface area contributed by atoms with Crippen molar-refractivity contribution in [3.05, 3.63) is 41.9 Å². The fourth-order valence-corrected chi connectivity index (χ4v) is 3.73. The van der Waals surface area contributed by atoms with Crippen molar-refractivity contribution in [1.29, 1.82) is 0 Å². The van der Waals surface area contributed by atoms with E-state index in [1.54, 1.807) is 17.9 Å². The fraction of sp³-hybridized carbons (Fsp3) is 0.476. The first-order valence-electron chi connectivity index (χ1n) is 10.0. The van der Waals surface area contributed by atoms with Crippen molar-refractivity contribution in [1.82, 2.24) is 14.9 Å². The summed E-state index contributed by atoms with van der Waals surface area (Å²) < 4.78 is 5.32. The molecule has 0 atom stereocenters. The van der Waals surface area contributed by atoms with E-state index in [1.165, 1.54) is 24.9 Å². The fourth-order valence-electron chi connectivity index (χ4n) is 3.73. The van der Waals surface area contributed by atoms with Crippen LogP contribution in [0.3, 0.4) is 0 Å². The second-order valence-electron chi connectivity index (χ2n) is 7.31. The first-order valence-corrected chi connectivity index (χ1v) is 10.0. The second kappa shape index (κ2) is 8.56. The van der Waals surface area contributed by atoms with E-state index in [2.05, 4.69) is 44.5 Å². The smallest absolute Gasteiger partial charge is 0.272 e. The molecule has 2 aliphatic heterocycles. The van der Waals surface area contributed by atoms with Crippen LogP contribution in [0, 0.1) is 6.92 Å². The van der Waals surface area contributed by atoms with E-state index in [9.17, 15) is 4.79 Å². The van der Waals surface area contributed by atoms with E-state index in [0.717, 1.165) is 18.8 Å². The number of carbonyl (C=O) groups excluding carboxylic acids is 1. The lowest BCUT2D eigenvalue weighted by molar-refractivity contribution is 0.0299. The van der Waals surface area contributed by atoms with E-state index in [-0.39, 0.29) is 5.91 Å². The molecule has 7 nitrogen and oxygen atoms in total. The lowest BCUT2D eigenvalue weighted by Crippen LogP contribution is -2.41. The summed E-state index contributed by atoms with van der Waals surface area (Å²) in [6.45, 7) is 6.41. The van der Waals surface area contributed by atoms with Crippen LogP contribution in [0.2, 0.25) is 0 Å². The third-order valence-corrected chi connectivity index (χ3v) is 5.22. The molecule has 4 rings (SSSR count). The molecule has 2 aliphatic rings. The largest absolute Gasteiger partial charge is 0.378 e. The van der Waals surface area contributed by atoms with E-state index >= 15 is 0 Å². The van der Waals surface area contributed by atoms with Crippen LogP contribution in [-0.4, -0.2) is 60.2 Å². The quantitative estimate of drug-likeness (QED) is 0.878. The minimum Gasteiger partial charge on any atom is -0.378 e. The van der Waals surface area contributed by atoms with Crippen molar-refractivity contribution < 1.29 is 9.53 Å². The average Bonchev–Trinajstić information content (AvgIpc) is 2.74. The van der Waals surface area contributed by atoms with Crippen molar-refractivity contribution in [2.24, 2.45) is 0 Å². The number of piperidine rings is 1. The average molecular weight is 381 g/mol. The number of aryl methyl sites for hydroxylation is 1. The van der Waals surface area contributed by atoms with Gasteiger partial charge in [0.05, 0.1) is 13.2 Å². The Morgan fingerprint density at radius 3 is 2.43 bits per heavy atom. The first-order chi connectivity index (χ1) is 13.7. The molecule has 1 aromatic heterocycles. The maximum absolute atomic E-state index is 12.7. The van der Waals surface area contributed by atoms with Crippen LogP contribution < -0.4 is 10.2 Å². The summed E-state index contributed by atoms with van der Waals surface area (Å²) in [6.07, 6.45) is 3.86. The van der Waals surface area contributed by atoms with Gasteiger partial charge in [-0.15, -0.1) is 0 Å². The number of morpholine rings is 1. The number of anilines is 3. The molecule has 1 N–H and O–H groups in total. The molecule has 7 heteroatoms. The molecule has 0 unspecified atom stereocenters. The maximum Gasteiger partial charge on any atom is 0.272 e. The van der Waals surface area contributed by atoms with Crippen LogP contribution in [0.15, 0.2) is 30.3 Å². The lowest BCUT2D eigenvalue weighted by atomic mass is 10.1. The van der Waals surface area contributed by atoms with Crippen LogP contribution in [0.5, 0.6) is 0 Å². The number of aromatic nitrogens is 2. The Kier molecular flexibility index (Phi) is 5.71. The molecule has 1 amide bonds. The van der Waals surface area contributed by atoms with Gasteiger partial charge in [0.1, 0.15) is 17.3 Å². The number of rotatable bonds is 4. The molecule has 0 spiro atoms. The lowest BCUT2D eigenvalue weighted by Gasteiger charge is -2.28. The summed E-state index contributed by atoms with van der Waals surface area (Å²) in [4.78, 5) is 25.7. The highest BCUT2D eigenvalue weighted by molar-refractivity contribution is 5.93. The Morgan fingerprint density at radius 1 is 1.00 bits per heavy atom. The number of hydrogen-bond acceptors (Lipinski definition) is 6. The number of ether oxygens (including phenoxy) is 1. The number of benzene rings is 1. The summed E-state index contributed by atoms with van der Waals surface area (Å²) in [5.74, 6) is 1.14. The Labute approximate surface area is 165 Å². The van der Waals surface area contributed by atoms with Gasteiger partial charge in [0.25, 0.3) is 5.91 Å². The Bertz CT molecular complexity index is 812. The van der Waals surface area contributed by atoms with Crippen LogP contribution in [-0.2, 0) is 4.74 Å². The van der Waals surface area contributed by atoms with E-state index < -0.39 is 0 Å². The summed E-state index contributed by atoms with van der Waals surface area (Å²) in [5, 5.41) is 3.31. The summed E-state index contributed by atoms with van der Waals surface area (Å²) in [6, 6.07) is 10.1. The molecule has 0 radical (unpaired) electrons. The number of amides is 1. The van der Waals surface area contributed by atoms with Gasteiger partial charge >= 0.3 is 0 Å². The first kappa shape index (κ1) is 18.7. The number of hydrogen-bond donors (Lipinski definition) is 1. The van der Waals surface area contributed by atoms with Gasteiger partial charge in [0.2, 0.25) is 0 Å². The molecular formula is C21H27N5O2. The second-order valence-corrected chi connectivity index (χ2v) is 7.31. The minimum atomic E-state index is -0.0719. The normalized spacial score (nSPS) is 17.5. The monoisotopic (exact) mass is 381 g/mol. The van der Waals surface area contributed by atoms with Crippen molar-refractivity contribution in [2.75, 3.05) is 49.6 Å². The third kappa shape index (κ3) is 4.42. The highest BCUT2D eigenvalue weighted by Gasteiger charge is 2.20. The third-order valence-electron chi connectivity index (χ3n) is 5.22. The molecule has 2 saturated heterocycles. The van der Waals surface area contributed by atoms with Gasteiger partial charge in [-0.3, -0.25) is 4.79 Å². The van der Waals surface area contributed by atoms with Gasteiger partial charge in [0.15, 0.2) is 0 Å². The molecule has 2 aromatic rings. The predicted octanol–water partition coefficient (Wildman–Crippen LogP) is 2.99. The summed E-state index contributed by atoms with van der Waals surface area (Å²) in [7, 11) is 0. The van der Waals surface area contributed by atoms with Gasteiger partial charge < -0.3 is 19.9 Å². The summed E-state index contributed by atoms with van der Waals surface area (Å²) >= 11 is 0.